The van der Waals surface area contributed by atoms with E-state index in [9.17, 15) is 4.79 Å². The molecule has 0 aromatic heterocycles. The molecule has 1 amide bonds. The van der Waals surface area contributed by atoms with Gasteiger partial charge in [0.1, 0.15) is 0 Å². The minimum absolute atomic E-state index is 0.296. The third-order valence-electron chi connectivity index (χ3n) is 5.69. The van der Waals surface area contributed by atoms with Gasteiger partial charge in [0.25, 0.3) is 0 Å². The van der Waals surface area contributed by atoms with Crippen molar-refractivity contribution in [2.24, 2.45) is 17.8 Å². The highest BCUT2D eigenvalue weighted by molar-refractivity contribution is 5.79. The zero-order chi connectivity index (χ0) is 13.2. The monoisotopic (exact) mass is 265 g/mol. The number of likely N-dealkylation sites (N-methyl/N-ethyl adjacent to an activating group) is 1. The first-order valence-electron chi connectivity index (χ1n) is 8.10. The second-order valence-electron chi connectivity index (χ2n) is 6.78. The van der Waals surface area contributed by atoms with Crippen LogP contribution in [0.2, 0.25) is 0 Å². The Bertz CT molecular complexity index is 325. The minimum atomic E-state index is 0.296. The van der Waals surface area contributed by atoms with Crippen LogP contribution in [0.3, 0.4) is 0 Å². The molecule has 1 aliphatic heterocycles. The van der Waals surface area contributed by atoms with Crippen molar-refractivity contribution < 1.29 is 9.53 Å². The SMILES string of the molecule is CN(C(=O)C1CCC2CCCCC2C1)C1CCOC1. The van der Waals surface area contributed by atoms with E-state index in [4.69, 9.17) is 4.74 Å². The number of ether oxygens (including phenoxy) is 1. The Balaban J connectivity index is 1.57. The Labute approximate surface area is 116 Å². The summed E-state index contributed by atoms with van der Waals surface area (Å²) in [4.78, 5) is 14.6. The highest BCUT2D eigenvalue weighted by atomic mass is 16.5. The molecule has 0 aromatic rings. The number of amides is 1. The first-order chi connectivity index (χ1) is 9.25. The summed E-state index contributed by atoms with van der Waals surface area (Å²) in [6.07, 6.45) is 10.2. The summed E-state index contributed by atoms with van der Waals surface area (Å²) in [6.45, 7) is 1.55. The van der Waals surface area contributed by atoms with Crippen molar-refractivity contribution in [1.29, 1.82) is 0 Å². The van der Waals surface area contributed by atoms with Crippen molar-refractivity contribution >= 4 is 5.91 Å². The van der Waals surface area contributed by atoms with E-state index in [1.165, 1.54) is 32.1 Å². The number of carbonyl (C=O) groups is 1. The van der Waals surface area contributed by atoms with Crippen LogP contribution in [-0.4, -0.2) is 37.1 Å². The molecule has 3 rings (SSSR count). The summed E-state index contributed by atoms with van der Waals surface area (Å²) in [7, 11) is 1.98. The number of hydrogen-bond donors (Lipinski definition) is 0. The lowest BCUT2D eigenvalue weighted by Gasteiger charge is -2.40. The average molecular weight is 265 g/mol. The summed E-state index contributed by atoms with van der Waals surface area (Å²) in [5.74, 6) is 2.45. The molecule has 3 fully saturated rings. The largest absolute Gasteiger partial charge is 0.379 e. The van der Waals surface area contributed by atoms with Crippen molar-refractivity contribution in [3.8, 4) is 0 Å². The second kappa shape index (κ2) is 5.82. The molecule has 0 aromatic carbocycles. The van der Waals surface area contributed by atoms with Gasteiger partial charge in [-0.3, -0.25) is 4.79 Å². The van der Waals surface area contributed by atoms with Crippen molar-refractivity contribution in [3.63, 3.8) is 0 Å². The van der Waals surface area contributed by atoms with E-state index in [2.05, 4.69) is 0 Å². The lowest BCUT2D eigenvalue weighted by molar-refractivity contribution is -0.138. The molecule has 1 saturated heterocycles. The maximum Gasteiger partial charge on any atom is 0.225 e. The molecule has 4 unspecified atom stereocenters. The second-order valence-corrected chi connectivity index (χ2v) is 6.78. The maximum absolute atomic E-state index is 12.6. The highest BCUT2D eigenvalue weighted by Crippen LogP contribution is 2.43. The van der Waals surface area contributed by atoms with E-state index >= 15 is 0 Å². The van der Waals surface area contributed by atoms with E-state index in [1.54, 1.807) is 0 Å². The van der Waals surface area contributed by atoms with Gasteiger partial charge in [-0.05, 0) is 37.5 Å². The zero-order valence-corrected chi connectivity index (χ0v) is 12.1. The molecule has 0 spiro atoms. The van der Waals surface area contributed by atoms with E-state index in [1.807, 2.05) is 11.9 Å². The summed E-state index contributed by atoms with van der Waals surface area (Å²) in [5.41, 5.74) is 0. The fraction of sp³-hybridized carbons (Fsp3) is 0.938. The topological polar surface area (TPSA) is 29.5 Å². The average Bonchev–Trinajstić information content (AvgIpc) is 2.99. The van der Waals surface area contributed by atoms with Gasteiger partial charge in [0.2, 0.25) is 5.91 Å². The summed E-state index contributed by atoms with van der Waals surface area (Å²) in [6, 6.07) is 0.330. The predicted octanol–water partition coefficient (Wildman–Crippen LogP) is 2.84. The van der Waals surface area contributed by atoms with Crippen molar-refractivity contribution in [3.05, 3.63) is 0 Å². The lowest BCUT2D eigenvalue weighted by Crippen LogP contribution is -2.43. The number of hydrogen-bond acceptors (Lipinski definition) is 2. The van der Waals surface area contributed by atoms with E-state index in [0.717, 1.165) is 44.3 Å². The smallest absolute Gasteiger partial charge is 0.225 e. The summed E-state index contributed by atoms with van der Waals surface area (Å²) in [5, 5.41) is 0. The Hall–Kier alpha value is -0.570. The lowest BCUT2D eigenvalue weighted by atomic mass is 9.67. The molecule has 3 heteroatoms. The van der Waals surface area contributed by atoms with E-state index < -0.39 is 0 Å². The molecule has 108 valence electrons. The van der Waals surface area contributed by atoms with Crippen LogP contribution in [0.4, 0.5) is 0 Å². The predicted molar refractivity (Wildman–Crippen MR) is 74.8 cm³/mol. The van der Waals surface area contributed by atoms with E-state index in [0.29, 0.717) is 17.9 Å². The van der Waals surface area contributed by atoms with Crippen molar-refractivity contribution in [2.45, 2.75) is 57.4 Å². The Morgan fingerprint density at radius 3 is 2.58 bits per heavy atom. The number of fused-ring (bicyclic) bond motifs is 1. The Kier molecular flexibility index (Phi) is 4.11. The molecular formula is C16H27NO2. The third-order valence-corrected chi connectivity index (χ3v) is 5.69. The van der Waals surface area contributed by atoms with Gasteiger partial charge in [-0.25, -0.2) is 0 Å². The fourth-order valence-corrected chi connectivity index (χ4v) is 4.39. The first-order valence-corrected chi connectivity index (χ1v) is 8.10. The highest BCUT2D eigenvalue weighted by Gasteiger charge is 2.37. The molecule has 0 radical (unpaired) electrons. The standard InChI is InChI=1S/C16H27NO2/c1-17(15-8-9-19-11-15)16(18)14-7-6-12-4-2-3-5-13(12)10-14/h12-15H,2-11H2,1H3. The van der Waals surface area contributed by atoms with Crippen LogP contribution in [0.1, 0.15) is 51.4 Å². The van der Waals surface area contributed by atoms with Crippen LogP contribution in [0, 0.1) is 17.8 Å². The fourth-order valence-electron chi connectivity index (χ4n) is 4.39. The normalized spacial score (nSPS) is 38.8. The van der Waals surface area contributed by atoms with Crippen LogP contribution in [-0.2, 0) is 9.53 Å². The van der Waals surface area contributed by atoms with Gasteiger partial charge in [-0.15, -0.1) is 0 Å². The van der Waals surface area contributed by atoms with Gasteiger partial charge in [-0.1, -0.05) is 25.7 Å². The van der Waals surface area contributed by atoms with Crippen molar-refractivity contribution in [1.82, 2.24) is 4.90 Å². The van der Waals surface area contributed by atoms with Gasteiger partial charge in [-0.2, -0.15) is 0 Å². The van der Waals surface area contributed by atoms with Gasteiger partial charge in [0, 0.05) is 19.6 Å². The van der Waals surface area contributed by atoms with E-state index in [-0.39, 0.29) is 0 Å². The summed E-state index contributed by atoms with van der Waals surface area (Å²) >= 11 is 0. The minimum Gasteiger partial charge on any atom is -0.379 e. The maximum atomic E-state index is 12.6. The molecule has 4 atom stereocenters. The molecule has 3 aliphatic rings. The van der Waals surface area contributed by atoms with Gasteiger partial charge >= 0.3 is 0 Å². The number of nitrogens with zero attached hydrogens (tertiary/aromatic N) is 1. The molecule has 1 heterocycles. The molecule has 19 heavy (non-hydrogen) atoms. The zero-order valence-electron chi connectivity index (χ0n) is 12.1. The van der Waals surface area contributed by atoms with Gasteiger partial charge < -0.3 is 9.64 Å². The van der Waals surface area contributed by atoms with Gasteiger partial charge in [0.05, 0.1) is 12.6 Å². The number of rotatable bonds is 2. The summed E-state index contributed by atoms with van der Waals surface area (Å²) < 4.78 is 5.41. The molecule has 2 aliphatic carbocycles. The Morgan fingerprint density at radius 1 is 1.05 bits per heavy atom. The van der Waals surface area contributed by atoms with Crippen LogP contribution in [0.5, 0.6) is 0 Å². The molecule has 0 N–H and O–H groups in total. The molecule has 3 nitrogen and oxygen atoms in total. The van der Waals surface area contributed by atoms with Crippen LogP contribution >= 0.6 is 0 Å². The molecule has 2 saturated carbocycles. The van der Waals surface area contributed by atoms with Crippen LogP contribution in [0.25, 0.3) is 0 Å². The molecule has 0 bridgehead atoms. The van der Waals surface area contributed by atoms with Crippen molar-refractivity contribution in [2.75, 3.05) is 20.3 Å². The number of carbonyl (C=O) groups excluding carboxylic acids is 1. The Morgan fingerprint density at radius 2 is 1.84 bits per heavy atom. The van der Waals surface area contributed by atoms with Crippen LogP contribution < -0.4 is 0 Å². The molecular weight excluding hydrogens is 238 g/mol. The first kappa shape index (κ1) is 13.4. The van der Waals surface area contributed by atoms with Gasteiger partial charge in [0.15, 0.2) is 0 Å². The quantitative estimate of drug-likeness (QED) is 0.768. The third kappa shape index (κ3) is 2.81. The van der Waals surface area contributed by atoms with Crippen LogP contribution in [0.15, 0.2) is 0 Å².